The molecule has 0 bridgehead atoms. The first-order chi connectivity index (χ1) is 13.3. The Bertz CT molecular complexity index is 579. The number of nitrogens with one attached hydrogen (secondary N) is 1. The van der Waals surface area contributed by atoms with Crippen LogP contribution in [0.5, 0.6) is 5.75 Å². The maximum absolute atomic E-state index is 5.41. The van der Waals surface area contributed by atoms with Gasteiger partial charge in [0.25, 0.3) is 0 Å². The molecule has 0 amide bonds. The van der Waals surface area contributed by atoms with Gasteiger partial charge in [-0.2, -0.15) is 0 Å². The summed E-state index contributed by atoms with van der Waals surface area (Å²) in [7, 11) is 1.70. The van der Waals surface area contributed by atoms with Gasteiger partial charge in [0, 0.05) is 58.0 Å². The summed E-state index contributed by atoms with van der Waals surface area (Å²) in [5.41, 5.74) is 1.25. The second kappa shape index (κ2) is 10.4. The third-order valence-electron chi connectivity index (χ3n) is 5.13. The summed E-state index contributed by atoms with van der Waals surface area (Å²) in [5, 5.41) is 3.46. The van der Waals surface area contributed by atoms with E-state index in [9.17, 15) is 0 Å². The third kappa shape index (κ3) is 5.74. The number of aliphatic imine (C=N–C) groups is 1. The molecule has 0 saturated carbocycles. The number of methoxy groups -OCH3 is 1. The molecule has 0 spiro atoms. The number of morpholine rings is 1. The predicted molar refractivity (Wildman–Crippen MR) is 110 cm³/mol. The molecule has 2 aliphatic rings. The van der Waals surface area contributed by atoms with Crippen LogP contribution in [0, 0.1) is 0 Å². The van der Waals surface area contributed by atoms with E-state index in [2.05, 4.69) is 39.1 Å². The smallest absolute Gasteiger partial charge is 0.194 e. The van der Waals surface area contributed by atoms with Crippen LogP contribution in [-0.2, 0) is 4.74 Å². The summed E-state index contributed by atoms with van der Waals surface area (Å²) in [4.78, 5) is 12.1. The Morgan fingerprint density at radius 2 is 1.78 bits per heavy atom. The first-order valence-corrected chi connectivity index (χ1v) is 10.0. The van der Waals surface area contributed by atoms with Crippen LogP contribution < -0.4 is 15.0 Å². The summed E-state index contributed by atoms with van der Waals surface area (Å²) in [5.74, 6) is 1.94. The Balaban J connectivity index is 1.50. The van der Waals surface area contributed by atoms with E-state index in [0.29, 0.717) is 0 Å². The molecule has 1 aromatic rings. The van der Waals surface area contributed by atoms with Crippen LogP contribution in [0.1, 0.15) is 6.92 Å². The largest absolute Gasteiger partial charge is 0.497 e. The highest BCUT2D eigenvalue weighted by atomic mass is 16.5. The van der Waals surface area contributed by atoms with Crippen LogP contribution in [-0.4, -0.2) is 95.0 Å². The van der Waals surface area contributed by atoms with Gasteiger partial charge in [0.2, 0.25) is 0 Å². The van der Waals surface area contributed by atoms with Gasteiger partial charge in [-0.15, -0.1) is 0 Å². The predicted octanol–water partition coefficient (Wildman–Crippen LogP) is 1.11. The highest BCUT2D eigenvalue weighted by Crippen LogP contribution is 2.20. The topological polar surface area (TPSA) is 52.6 Å². The molecule has 0 aromatic heterocycles. The number of ether oxygens (including phenoxy) is 2. The normalized spacial score (nSPS) is 19.3. The van der Waals surface area contributed by atoms with E-state index in [1.54, 1.807) is 7.11 Å². The van der Waals surface area contributed by atoms with Gasteiger partial charge in [0.05, 0.1) is 26.9 Å². The minimum absolute atomic E-state index is 0.834. The van der Waals surface area contributed by atoms with Crippen molar-refractivity contribution in [2.24, 2.45) is 4.99 Å². The average Bonchev–Trinajstić information content (AvgIpc) is 2.74. The lowest BCUT2D eigenvalue weighted by Crippen LogP contribution is -2.52. The second-order valence-corrected chi connectivity index (χ2v) is 6.86. The summed E-state index contributed by atoms with van der Waals surface area (Å²) in [6, 6.07) is 8.32. The molecule has 3 rings (SSSR count). The van der Waals surface area contributed by atoms with Crippen LogP contribution in [0.4, 0.5) is 5.69 Å². The van der Waals surface area contributed by atoms with Gasteiger partial charge in [-0.25, -0.2) is 0 Å². The Hall–Kier alpha value is -1.99. The standard InChI is InChI=1S/C20H33N5O2/c1-3-21-20(22-8-9-23-14-16-27-17-15-23)25-12-10-24(11-13-25)18-4-6-19(26-2)7-5-18/h4-7H,3,8-17H2,1-2H3,(H,21,22). The number of hydrogen-bond acceptors (Lipinski definition) is 5. The number of benzene rings is 1. The van der Waals surface area contributed by atoms with E-state index >= 15 is 0 Å². The number of hydrogen-bond donors (Lipinski definition) is 1. The molecule has 0 atom stereocenters. The lowest BCUT2D eigenvalue weighted by atomic mass is 10.2. The van der Waals surface area contributed by atoms with Gasteiger partial charge in [0.15, 0.2) is 5.96 Å². The molecule has 1 aromatic carbocycles. The van der Waals surface area contributed by atoms with Crippen LogP contribution in [0.2, 0.25) is 0 Å². The first kappa shape index (κ1) is 19.8. The molecule has 0 unspecified atom stereocenters. The Morgan fingerprint density at radius 3 is 2.41 bits per heavy atom. The van der Waals surface area contributed by atoms with Gasteiger partial charge < -0.3 is 24.6 Å². The number of rotatable bonds is 6. The maximum atomic E-state index is 5.41. The van der Waals surface area contributed by atoms with E-state index < -0.39 is 0 Å². The molecule has 2 saturated heterocycles. The van der Waals surface area contributed by atoms with Gasteiger partial charge in [0.1, 0.15) is 5.75 Å². The molecular weight excluding hydrogens is 342 g/mol. The monoisotopic (exact) mass is 375 g/mol. The zero-order valence-electron chi connectivity index (χ0n) is 16.7. The number of piperazine rings is 1. The van der Waals surface area contributed by atoms with Crippen molar-refractivity contribution >= 4 is 11.6 Å². The fourth-order valence-electron chi connectivity index (χ4n) is 3.52. The molecule has 0 radical (unpaired) electrons. The third-order valence-corrected chi connectivity index (χ3v) is 5.13. The van der Waals surface area contributed by atoms with Crippen molar-refractivity contribution in [2.75, 3.05) is 84.1 Å². The van der Waals surface area contributed by atoms with Gasteiger partial charge in [-0.05, 0) is 31.2 Å². The summed E-state index contributed by atoms with van der Waals surface area (Å²) >= 11 is 0. The number of guanidine groups is 1. The van der Waals surface area contributed by atoms with E-state index in [4.69, 9.17) is 14.5 Å². The van der Waals surface area contributed by atoms with Crippen molar-refractivity contribution in [3.8, 4) is 5.75 Å². The van der Waals surface area contributed by atoms with Crippen LogP contribution >= 0.6 is 0 Å². The second-order valence-electron chi connectivity index (χ2n) is 6.86. The molecule has 7 nitrogen and oxygen atoms in total. The lowest BCUT2D eigenvalue weighted by molar-refractivity contribution is 0.0394. The highest BCUT2D eigenvalue weighted by Gasteiger charge is 2.20. The average molecular weight is 376 g/mol. The minimum atomic E-state index is 0.834. The number of anilines is 1. The highest BCUT2D eigenvalue weighted by molar-refractivity contribution is 5.80. The van der Waals surface area contributed by atoms with Crippen molar-refractivity contribution in [1.82, 2.24) is 15.1 Å². The van der Waals surface area contributed by atoms with Crippen molar-refractivity contribution < 1.29 is 9.47 Å². The Kier molecular flexibility index (Phi) is 7.59. The minimum Gasteiger partial charge on any atom is -0.497 e. The quantitative estimate of drug-likeness (QED) is 0.594. The van der Waals surface area contributed by atoms with E-state index in [0.717, 1.165) is 83.8 Å². The first-order valence-electron chi connectivity index (χ1n) is 10.0. The van der Waals surface area contributed by atoms with Crippen LogP contribution in [0.25, 0.3) is 0 Å². The zero-order chi connectivity index (χ0) is 18.9. The lowest BCUT2D eigenvalue weighted by Gasteiger charge is -2.37. The molecule has 150 valence electrons. The van der Waals surface area contributed by atoms with Crippen LogP contribution in [0.3, 0.4) is 0 Å². The molecule has 2 fully saturated rings. The molecule has 0 aliphatic carbocycles. The van der Waals surface area contributed by atoms with Gasteiger partial charge in [-0.3, -0.25) is 9.89 Å². The van der Waals surface area contributed by atoms with Crippen molar-refractivity contribution in [3.05, 3.63) is 24.3 Å². The summed E-state index contributed by atoms with van der Waals surface area (Å²) < 4.78 is 10.7. The number of nitrogens with zero attached hydrogens (tertiary/aromatic N) is 4. The van der Waals surface area contributed by atoms with Crippen molar-refractivity contribution in [2.45, 2.75) is 6.92 Å². The molecule has 7 heteroatoms. The van der Waals surface area contributed by atoms with E-state index in [1.165, 1.54) is 5.69 Å². The van der Waals surface area contributed by atoms with Crippen LogP contribution in [0.15, 0.2) is 29.3 Å². The molecular formula is C20H33N5O2. The SMILES string of the molecule is CCNC(=NCCN1CCOCC1)N1CCN(c2ccc(OC)cc2)CC1. The van der Waals surface area contributed by atoms with E-state index in [-0.39, 0.29) is 0 Å². The van der Waals surface area contributed by atoms with Gasteiger partial charge in [-0.1, -0.05) is 0 Å². The Labute approximate surface area is 162 Å². The molecule has 1 N–H and O–H groups in total. The Morgan fingerprint density at radius 1 is 1.07 bits per heavy atom. The van der Waals surface area contributed by atoms with Gasteiger partial charge >= 0.3 is 0 Å². The fraction of sp³-hybridized carbons (Fsp3) is 0.650. The van der Waals surface area contributed by atoms with Crippen molar-refractivity contribution in [1.29, 1.82) is 0 Å². The maximum Gasteiger partial charge on any atom is 0.194 e. The fourth-order valence-corrected chi connectivity index (χ4v) is 3.52. The molecule has 2 aliphatic heterocycles. The zero-order valence-corrected chi connectivity index (χ0v) is 16.7. The summed E-state index contributed by atoms with van der Waals surface area (Å²) in [6.07, 6.45) is 0. The molecule has 27 heavy (non-hydrogen) atoms. The van der Waals surface area contributed by atoms with E-state index in [1.807, 2.05) is 12.1 Å². The molecule has 2 heterocycles. The van der Waals surface area contributed by atoms with Crippen molar-refractivity contribution in [3.63, 3.8) is 0 Å². The summed E-state index contributed by atoms with van der Waals surface area (Å²) in [6.45, 7) is 12.6.